The van der Waals surface area contributed by atoms with Gasteiger partial charge in [0.25, 0.3) is 0 Å². The number of para-hydroxylation sites is 2. The predicted octanol–water partition coefficient (Wildman–Crippen LogP) is 4.11. The molecule has 1 aromatic heterocycles. The number of fused-ring (bicyclic) bond motifs is 3. The van der Waals surface area contributed by atoms with Gasteiger partial charge in [-0.25, -0.2) is 10.9 Å². The zero-order valence-corrected chi connectivity index (χ0v) is 13.1. The molecular formula is C20H17N3O. The Balaban J connectivity index is 1.42. The van der Waals surface area contributed by atoms with Crippen molar-refractivity contribution in [2.45, 2.75) is 12.7 Å². The molecule has 0 amide bonds. The van der Waals surface area contributed by atoms with Crippen LogP contribution in [0.25, 0.3) is 21.9 Å². The Morgan fingerprint density at radius 3 is 2.42 bits per heavy atom. The second kappa shape index (κ2) is 5.46. The van der Waals surface area contributed by atoms with Crippen LogP contribution in [0.15, 0.2) is 77.2 Å². The van der Waals surface area contributed by atoms with Crippen LogP contribution in [0.1, 0.15) is 17.3 Å². The quantitative estimate of drug-likeness (QED) is 0.597. The first kappa shape index (κ1) is 13.7. The molecule has 0 bridgehead atoms. The molecule has 1 saturated heterocycles. The van der Waals surface area contributed by atoms with Gasteiger partial charge in [0.15, 0.2) is 0 Å². The molecule has 1 aliphatic rings. The van der Waals surface area contributed by atoms with Crippen molar-refractivity contribution in [2.75, 3.05) is 0 Å². The minimum absolute atomic E-state index is 0.0676. The van der Waals surface area contributed by atoms with Crippen molar-refractivity contribution in [3.8, 4) is 0 Å². The number of hydrogen-bond acceptors (Lipinski definition) is 4. The Labute approximate surface area is 139 Å². The Bertz CT molecular complexity index is 1000. The molecule has 0 radical (unpaired) electrons. The molecule has 0 saturated carbocycles. The van der Waals surface area contributed by atoms with Crippen molar-refractivity contribution in [2.24, 2.45) is 0 Å². The third kappa shape index (κ3) is 2.20. The molecule has 1 aliphatic heterocycles. The fraction of sp³-hybridized carbons (Fsp3) is 0.100. The Hall–Kier alpha value is -2.66. The van der Waals surface area contributed by atoms with Gasteiger partial charge in [0.05, 0.1) is 6.54 Å². The first-order valence-electron chi connectivity index (χ1n) is 8.12. The van der Waals surface area contributed by atoms with Crippen molar-refractivity contribution in [1.82, 2.24) is 16.0 Å². The van der Waals surface area contributed by atoms with Gasteiger partial charge in [0.2, 0.25) is 0 Å². The molecule has 0 atom stereocenters. The fourth-order valence-corrected chi connectivity index (χ4v) is 3.30. The SMILES string of the molecule is c1ccc(CN2NC(c3cccc4c3oc3ccccc34)N2)cc1. The molecule has 2 heterocycles. The van der Waals surface area contributed by atoms with E-state index >= 15 is 0 Å². The number of furan rings is 1. The summed E-state index contributed by atoms with van der Waals surface area (Å²) in [6.07, 6.45) is 0.0676. The van der Waals surface area contributed by atoms with Crippen LogP contribution in [0.3, 0.4) is 0 Å². The van der Waals surface area contributed by atoms with E-state index in [2.05, 4.69) is 59.4 Å². The fourth-order valence-electron chi connectivity index (χ4n) is 3.30. The van der Waals surface area contributed by atoms with Gasteiger partial charge < -0.3 is 4.42 Å². The van der Waals surface area contributed by atoms with Crippen LogP contribution >= 0.6 is 0 Å². The van der Waals surface area contributed by atoms with Crippen LogP contribution < -0.4 is 10.9 Å². The smallest absolute Gasteiger partial charge is 0.141 e. The molecule has 118 valence electrons. The number of hydrazine groups is 2. The highest BCUT2D eigenvalue weighted by Gasteiger charge is 2.29. The Morgan fingerprint density at radius 1 is 0.792 bits per heavy atom. The summed E-state index contributed by atoms with van der Waals surface area (Å²) in [7, 11) is 0. The summed E-state index contributed by atoms with van der Waals surface area (Å²) in [5.74, 6) is 0. The summed E-state index contributed by atoms with van der Waals surface area (Å²) in [6, 6.07) is 24.9. The van der Waals surface area contributed by atoms with Crippen LogP contribution in [0, 0.1) is 0 Å². The van der Waals surface area contributed by atoms with Gasteiger partial charge in [0.1, 0.15) is 17.3 Å². The molecule has 0 unspecified atom stereocenters. The van der Waals surface area contributed by atoms with E-state index < -0.39 is 0 Å². The summed E-state index contributed by atoms with van der Waals surface area (Å²) < 4.78 is 6.10. The van der Waals surface area contributed by atoms with Crippen molar-refractivity contribution < 1.29 is 4.42 Å². The van der Waals surface area contributed by atoms with Crippen LogP contribution in [-0.4, -0.2) is 5.12 Å². The highest BCUT2D eigenvalue weighted by molar-refractivity contribution is 6.05. The van der Waals surface area contributed by atoms with Gasteiger partial charge in [-0.05, 0) is 11.6 Å². The van der Waals surface area contributed by atoms with Gasteiger partial charge in [0, 0.05) is 16.3 Å². The first-order valence-corrected chi connectivity index (χ1v) is 8.12. The molecule has 24 heavy (non-hydrogen) atoms. The Kier molecular flexibility index (Phi) is 3.13. The largest absolute Gasteiger partial charge is 0.456 e. The van der Waals surface area contributed by atoms with Crippen molar-refractivity contribution >= 4 is 21.9 Å². The molecule has 0 aliphatic carbocycles. The van der Waals surface area contributed by atoms with Gasteiger partial charge in [-0.1, -0.05) is 66.7 Å². The van der Waals surface area contributed by atoms with Crippen LogP contribution in [0.5, 0.6) is 0 Å². The predicted molar refractivity (Wildman–Crippen MR) is 94.7 cm³/mol. The molecule has 3 aromatic carbocycles. The lowest BCUT2D eigenvalue weighted by Crippen LogP contribution is -2.64. The average Bonchev–Trinajstić information content (AvgIpc) is 2.98. The lowest BCUT2D eigenvalue weighted by molar-refractivity contribution is -0.0607. The summed E-state index contributed by atoms with van der Waals surface area (Å²) >= 11 is 0. The molecule has 4 heteroatoms. The van der Waals surface area contributed by atoms with Crippen molar-refractivity contribution in [3.05, 3.63) is 83.9 Å². The normalized spacial score (nSPS) is 15.8. The van der Waals surface area contributed by atoms with Crippen molar-refractivity contribution in [1.29, 1.82) is 0 Å². The number of nitrogens with one attached hydrogen (secondary N) is 2. The maximum absolute atomic E-state index is 6.10. The van der Waals surface area contributed by atoms with Crippen LogP contribution in [0.2, 0.25) is 0 Å². The summed E-state index contributed by atoms with van der Waals surface area (Å²) in [5, 5.41) is 4.32. The van der Waals surface area contributed by atoms with Gasteiger partial charge >= 0.3 is 0 Å². The minimum atomic E-state index is 0.0676. The van der Waals surface area contributed by atoms with E-state index in [1.165, 1.54) is 5.56 Å². The minimum Gasteiger partial charge on any atom is -0.456 e. The zero-order chi connectivity index (χ0) is 15.9. The number of rotatable bonds is 3. The highest BCUT2D eigenvalue weighted by atomic mass is 16.3. The van der Waals surface area contributed by atoms with E-state index in [9.17, 15) is 0 Å². The molecule has 2 N–H and O–H groups in total. The summed E-state index contributed by atoms with van der Waals surface area (Å²) in [6.45, 7) is 0.813. The lowest BCUT2D eigenvalue weighted by atomic mass is 10.1. The lowest BCUT2D eigenvalue weighted by Gasteiger charge is -2.41. The highest BCUT2D eigenvalue weighted by Crippen LogP contribution is 2.34. The molecule has 5 rings (SSSR count). The monoisotopic (exact) mass is 315 g/mol. The third-order valence-electron chi connectivity index (χ3n) is 4.50. The first-order chi connectivity index (χ1) is 11.9. The Morgan fingerprint density at radius 2 is 1.54 bits per heavy atom. The third-order valence-corrected chi connectivity index (χ3v) is 4.50. The molecule has 4 nitrogen and oxygen atoms in total. The molecular weight excluding hydrogens is 298 g/mol. The van der Waals surface area contributed by atoms with E-state index in [4.69, 9.17) is 4.42 Å². The topological polar surface area (TPSA) is 40.4 Å². The van der Waals surface area contributed by atoms with Crippen molar-refractivity contribution in [3.63, 3.8) is 0 Å². The van der Waals surface area contributed by atoms with Crippen LogP contribution in [-0.2, 0) is 6.54 Å². The zero-order valence-electron chi connectivity index (χ0n) is 13.1. The number of nitrogens with zero attached hydrogens (tertiary/aromatic N) is 1. The second-order valence-electron chi connectivity index (χ2n) is 6.09. The van der Waals surface area contributed by atoms with E-state index in [1.807, 2.05) is 29.4 Å². The van der Waals surface area contributed by atoms with Gasteiger partial charge in [-0.2, -0.15) is 5.12 Å². The summed E-state index contributed by atoms with van der Waals surface area (Å²) in [5.41, 5.74) is 11.2. The maximum Gasteiger partial charge on any atom is 0.141 e. The van der Waals surface area contributed by atoms with E-state index in [-0.39, 0.29) is 6.17 Å². The maximum atomic E-state index is 6.10. The number of benzene rings is 3. The molecule has 4 aromatic rings. The van der Waals surface area contributed by atoms with E-state index in [1.54, 1.807) is 0 Å². The number of hydrogen-bond donors (Lipinski definition) is 2. The molecule has 1 fully saturated rings. The van der Waals surface area contributed by atoms with Gasteiger partial charge in [-0.15, -0.1) is 0 Å². The molecule has 0 spiro atoms. The van der Waals surface area contributed by atoms with Gasteiger partial charge in [-0.3, -0.25) is 0 Å². The second-order valence-corrected chi connectivity index (χ2v) is 6.09. The van der Waals surface area contributed by atoms with E-state index in [0.717, 1.165) is 34.0 Å². The average molecular weight is 315 g/mol. The van der Waals surface area contributed by atoms with Crippen LogP contribution in [0.4, 0.5) is 0 Å². The summed E-state index contributed by atoms with van der Waals surface area (Å²) in [4.78, 5) is 0. The standard InChI is InChI=1S/C20H17N3O/c1-2-7-14(8-3-1)13-23-21-20(22-23)17-11-6-10-16-15-9-4-5-12-18(15)24-19(16)17/h1-12,20-22H,13H2. The van der Waals surface area contributed by atoms with E-state index in [0.29, 0.717) is 0 Å².